The van der Waals surface area contributed by atoms with Crippen LogP contribution >= 0.6 is 0 Å². The van der Waals surface area contributed by atoms with Crippen LogP contribution in [0.3, 0.4) is 0 Å². The third-order valence-corrected chi connectivity index (χ3v) is 1.02. The Morgan fingerprint density at radius 3 is 3.25 bits per heavy atom. The van der Waals surface area contributed by atoms with Crippen molar-refractivity contribution in [3.8, 4) is 0 Å². The third-order valence-electron chi connectivity index (χ3n) is 0.667. The fourth-order valence-corrected chi connectivity index (χ4v) is 0.461. The molecule has 0 unspecified atom stereocenters. The highest BCUT2D eigenvalue weighted by atomic mass is 28.1. The van der Waals surface area contributed by atoms with Gasteiger partial charge in [-0.05, 0) is 6.42 Å². The summed E-state index contributed by atoms with van der Waals surface area (Å²) in [5.41, 5.74) is 0. The van der Waals surface area contributed by atoms with Gasteiger partial charge in [0.25, 0.3) is 0 Å². The average molecular weight is 140 g/mol. The lowest BCUT2D eigenvalue weighted by molar-refractivity contribution is -0.0300. The van der Waals surface area contributed by atoms with Crippen LogP contribution in [0.4, 0.5) is 0 Å². The molecule has 2 nitrogen and oxygen atoms in total. The molecule has 0 atom stereocenters. The van der Waals surface area contributed by atoms with Crippen LogP contribution in [0.25, 0.3) is 0 Å². The second-order valence-corrected chi connectivity index (χ2v) is 1.92. The van der Waals surface area contributed by atoms with Crippen molar-refractivity contribution in [1.82, 2.24) is 0 Å². The van der Waals surface area contributed by atoms with Crippen molar-refractivity contribution < 1.29 is 9.47 Å². The predicted molar refractivity (Wildman–Crippen MR) is 37.2 cm³/mol. The van der Waals surface area contributed by atoms with E-state index in [4.69, 9.17) is 8.44 Å². The second-order valence-electron chi connectivity index (χ2n) is 1.42. The molecule has 8 heavy (non-hydrogen) atoms. The minimum atomic E-state index is -3.09. The molecule has 0 amide bonds. The van der Waals surface area contributed by atoms with Gasteiger partial charge in [-0.2, -0.15) is 0 Å². The molecule has 0 aliphatic heterocycles. The first kappa shape index (κ1) is 4.03. The quantitative estimate of drug-likeness (QED) is 0.288. The van der Waals surface area contributed by atoms with Gasteiger partial charge < -0.3 is 9.47 Å². The first-order valence-electron chi connectivity index (χ1n) is 4.13. The standard InChI is InChI=1S/C5H14O2Si/c1-6-5-7-3-2-4-8/h2-5H2,1,8H3/i8T3. The van der Waals surface area contributed by atoms with Crippen molar-refractivity contribution >= 4 is 10.0 Å². The molecule has 50 valence electrons. The van der Waals surface area contributed by atoms with Gasteiger partial charge in [-0.15, -0.1) is 0 Å². The smallest absolute Gasteiger partial charge is 0.146 e. The zero-order valence-electron chi connectivity index (χ0n) is 8.14. The van der Waals surface area contributed by atoms with E-state index in [2.05, 4.69) is 4.74 Å². The molecule has 0 aromatic heterocycles. The van der Waals surface area contributed by atoms with Crippen molar-refractivity contribution in [2.75, 3.05) is 20.5 Å². The maximum atomic E-state index is 7.00. The highest BCUT2D eigenvalue weighted by Crippen LogP contribution is 1.84. The largest absolute Gasteiger partial charge is 0.359 e. The number of hydrogen-bond donors (Lipinski definition) is 0. The highest BCUT2D eigenvalue weighted by molar-refractivity contribution is 6.08. The molecule has 0 bridgehead atoms. The van der Waals surface area contributed by atoms with E-state index in [-0.39, 0.29) is 6.79 Å². The molecule has 0 radical (unpaired) electrons. The topological polar surface area (TPSA) is 18.5 Å². The molecule has 0 fully saturated rings. The summed E-state index contributed by atoms with van der Waals surface area (Å²) in [4.78, 5) is 0. The van der Waals surface area contributed by atoms with Crippen LogP contribution in [-0.2, 0) is 9.47 Å². The van der Waals surface area contributed by atoms with Crippen molar-refractivity contribution in [3.63, 3.8) is 0 Å². The van der Waals surface area contributed by atoms with E-state index in [1.807, 2.05) is 0 Å². The molecule has 0 aliphatic rings. The summed E-state index contributed by atoms with van der Waals surface area (Å²) >= 11 is 0. The van der Waals surface area contributed by atoms with Gasteiger partial charge in [0.05, 0.1) is 0 Å². The van der Waals surface area contributed by atoms with Crippen LogP contribution in [0.1, 0.15) is 6.42 Å². The number of rotatable bonds is 6. The fourth-order valence-electron chi connectivity index (χ4n) is 0.316. The van der Waals surface area contributed by atoms with Crippen molar-refractivity contribution in [3.05, 3.63) is 0 Å². The molecule has 0 aliphatic carbocycles. The van der Waals surface area contributed by atoms with Gasteiger partial charge in [0.15, 0.2) is 0 Å². The lowest BCUT2D eigenvalue weighted by atomic mass is 10.5. The Bertz CT molecular complexity index is 96.2. The van der Waals surface area contributed by atoms with E-state index in [9.17, 15) is 0 Å². The van der Waals surface area contributed by atoms with E-state index in [0.29, 0.717) is 19.1 Å². The molecular formula is C5H14O2Si. The molecule has 0 N–H and O–H groups in total. The van der Waals surface area contributed by atoms with E-state index >= 15 is 0 Å². The Hall–Kier alpha value is 0.137. The SMILES string of the molecule is [3H][Si]([3H])([3H])CCCOCOC. The molecule has 0 aromatic carbocycles. The molecular weight excluding hydrogens is 120 g/mol. The van der Waals surface area contributed by atoms with Gasteiger partial charge in [0.2, 0.25) is 0 Å². The summed E-state index contributed by atoms with van der Waals surface area (Å²) in [7, 11) is -1.55. The predicted octanol–water partition coefficient (Wildman–Crippen LogP) is -0.219. The Labute approximate surface area is 57.3 Å². The van der Waals surface area contributed by atoms with E-state index in [0.717, 1.165) is 0 Å². The van der Waals surface area contributed by atoms with E-state index in [1.54, 1.807) is 7.11 Å². The first-order chi connectivity index (χ1) is 5.06. The van der Waals surface area contributed by atoms with Crippen LogP contribution in [-0.4, -0.2) is 34.3 Å². The van der Waals surface area contributed by atoms with Crippen LogP contribution < -0.4 is 0 Å². The molecule has 0 saturated carbocycles. The van der Waals surface area contributed by atoms with E-state index in [1.165, 1.54) is 0 Å². The van der Waals surface area contributed by atoms with Gasteiger partial charge in [-0.25, -0.2) is 0 Å². The highest BCUT2D eigenvalue weighted by Gasteiger charge is 1.81. The minimum absolute atomic E-state index is 0.253. The van der Waals surface area contributed by atoms with Gasteiger partial charge in [0, 0.05) is 27.5 Å². The monoisotopic (exact) mass is 140 g/mol. The van der Waals surface area contributed by atoms with Gasteiger partial charge in [0.1, 0.15) is 6.79 Å². The maximum absolute atomic E-state index is 7.00. The number of methoxy groups -OCH3 is 1. The molecule has 0 spiro atoms. The van der Waals surface area contributed by atoms with Crippen LogP contribution in [0.5, 0.6) is 0 Å². The van der Waals surface area contributed by atoms with Gasteiger partial charge >= 0.3 is 0 Å². The van der Waals surface area contributed by atoms with Crippen molar-refractivity contribution in [2.24, 2.45) is 0 Å². The number of hydrogen-bond acceptors (Lipinski definition) is 2. The molecule has 0 saturated heterocycles. The molecule has 0 rings (SSSR count). The lowest BCUT2D eigenvalue weighted by Crippen LogP contribution is -1.97. The van der Waals surface area contributed by atoms with Gasteiger partial charge in [-0.1, -0.05) is 6.04 Å². The second kappa shape index (κ2) is 7.14. The van der Waals surface area contributed by atoms with Gasteiger partial charge in [-0.3, -0.25) is 0 Å². The maximum Gasteiger partial charge on any atom is 0.146 e. The normalized spacial score (nSPS) is 16.9. The van der Waals surface area contributed by atoms with Crippen molar-refractivity contribution in [1.29, 1.82) is 3.70 Å². The minimum Gasteiger partial charge on any atom is -0.359 e. The summed E-state index contributed by atoms with van der Waals surface area (Å²) in [5, 5.41) is 0. The molecule has 3 heteroatoms. The lowest BCUT2D eigenvalue weighted by Gasteiger charge is -1.98. The molecule has 0 aromatic rings. The summed E-state index contributed by atoms with van der Waals surface area (Å²) in [6.45, 7) is 0.738. The van der Waals surface area contributed by atoms with Crippen molar-refractivity contribution in [2.45, 2.75) is 12.5 Å². The van der Waals surface area contributed by atoms with Crippen LogP contribution in [0.15, 0.2) is 0 Å². The zero-order chi connectivity index (χ0) is 8.74. The van der Waals surface area contributed by atoms with E-state index < -0.39 is 10.0 Å². The summed E-state index contributed by atoms with van der Waals surface area (Å²) < 4.78 is 30.5. The third kappa shape index (κ3) is 6.14. The fraction of sp³-hybridized carbons (Fsp3) is 1.00. The first-order valence-corrected chi connectivity index (χ1v) is 3.33. The zero-order valence-corrected chi connectivity index (χ0v) is 6.14. The Morgan fingerprint density at radius 1 is 1.75 bits per heavy atom. The molecule has 0 heterocycles. The summed E-state index contributed by atoms with van der Waals surface area (Å²) in [6, 6.07) is 0.344. The Kier molecular flexibility index (Phi) is 3.60. The Morgan fingerprint density at radius 2 is 2.62 bits per heavy atom. The average Bonchev–Trinajstić information content (AvgIpc) is 1.85. The van der Waals surface area contributed by atoms with Crippen LogP contribution in [0, 0.1) is 0 Å². The number of ether oxygens (including phenoxy) is 2. The Balaban J connectivity index is 3.02. The summed E-state index contributed by atoms with van der Waals surface area (Å²) in [5.74, 6) is 0. The summed E-state index contributed by atoms with van der Waals surface area (Å²) in [6.07, 6.45) is 0.617. The van der Waals surface area contributed by atoms with Crippen LogP contribution in [0.2, 0.25) is 6.04 Å².